The number of aromatic nitrogens is 2. The van der Waals surface area contributed by atoms with Crippen LogP contribution in [0, 0.1) is 0 Å². The molecule has 0 unspecified atom stereocenters. The monoisotopic (exact) mass is 376 g/mol. The molecule has 1 heterocycles. The van der Waals surface area contributed by atoms with Gasteiger partial charge in [-0.05, 0) is 40.8 Å². The van der Waals surface area contributed by atoms with E-state index in [1.54, 1.807) is 13.3 Å². The molecule has 0 radical (unpaired) electrons. The predicted octanol–water partition coefficient (Wildman–Crippen LogP) is 4.19. The van der Waals surface area contributed by atoms with Crippen molar-refractivity contribution in [2.75, 3.05) is 12.5 Å². The number of ether oxygens (including phenoxy) is 1. The summed E-state index contributed by atoms with van der Waals surface area (Å²) >= 11 is 0. The number of hydrazone groups is 1. The summed E-state index contributed by atoms with van der Waals surface area (Å²) in [6, 6.07) is 17.0. The molecule has 0 fully saturated rings. The van der Waals surface area contributed by atoms with Gasteiger partial charge in [0.2, 0.25) is 5.95 Å². The van der Waals surface area contributed by atoms with E-state index in [0.29, 0.717) is 5.69 Å². The Morgan fingerprint density at radius 1 is 1.07 bits per heavy atom. The van der Waals surface area contributed by atoms with Crippen molar-refractivity contribution in [2.24, 2.45) is 5.10 Å². The van der Waals surface area contributed by atoms with Gasteiger partial charge in [0.1, 0.15) is 5.75 Å². The molecule has 1 aromatic heterocycles. The van der Waals surface area contributed by atoms with Crippen LogP contribution in [0.4, 0.5) is 5.95 Å². The first-order valence-electron chi connectivity index (χ1n) is 9.00. The quantitative estimate of drug-likeness (QED) is 0.517. The Kier molecular flexibility index (Phi) is 5.59. The van der Waals surface area contributed by atoms with Crippen LogP contribution in [0.5, 0.6) is 5.75 Å². The second-order valence-electron chi connectivity index (χ2n) is 7.45. The highest BCUT2D eigenvalue weighted by molar-refractivity contribution is 5.80. The topological polar surface area (TPSA) is 79.4 Å². The van der Waals surface area contributed by atoms with Gasteiger partial charge in [-0.2, -0.15) is 5.10 Å². The van der Waals surface area contributed by atoms with Crippen molar-refractivity contribution in [3.05, 3.63) is 76.1 Å². The van der Waals surface area contributed by atoms with Gasteiger partial charge in [-0.3, -0.25) is 9.78 Å². The fourth-order valence-electron chi connectivity index (χ4n) is 2.66. The van der Waals surface area contributed by atoms with Gasteiger partial charge in [0.05, 0.1) is 19.0 Å². The normalized spacial score (nSPS) is 11.6. The smallest absolute Gasteiger partial charge is 0.252 e. The maximum absolute atomic E-state index is 12.0. The first-order valence-corrected chi connectivity index (χ1v) is 9.00. The zero-order valence-electron chi connectivity index (χ0n) is 16.5. The van der Waals surface area contributed by atoms with Crippen LogP contribution in [0.2, 0.25) is 0 Å². The molecule has 0 atom stereocenters. The third kappa shape index (κ3) is 4.85. The van der Waals surface area contributed by atoms with E-state index in [2.05, 4.69) is 53.4 Å². The first-order chi connectivity index (χ1) is 13.3. The van der Waals surface area contributed by atoms with E-state index in [1.807, 2.05) is 36.4 Å². The molecule has 0 amide bonds. The molecule has 0 aliphatic rings. The number of H-pyrrole nitrogens is 1. The van der Waals surface area contributed by atoms with Gasteiger partial charge in [0, 0.05) is 11.6 Å². The van der Waals surface area contributed by atoms with Crippen LogP contribution in [-0.2, 0) is 5.41 Å². The van der Waals surface area contributed by atoms with E-state index < -0.39 is 0 Å². The lowest BCUT2D eigenvalue weighted by molar-refractivity contribution is 0.415. The molecule has 3 aromatic rings. The summed E-state index contributed by atoms with van der Waals surface area (Å²) in [5.74, 6) is 1.02. The summed E-state index contributed by atoms with van der Waals surface area (Å²) in [7, 11) is 1.61. The van der Waals surface area contributed by atoms with E-state index in [4.69, 9.17) is 4.74 Å². The van der Waals surface area contributed by atoms with Crippen molar-refractivity contribution < 1.29 is 4.74 Å². The molecule has 0 saturated carbocycles. The number of anilines is 1. The van der Waals surface area contributed by atoms with Crippen molar-refractivity contribution in [1.29, 1.82) is 0 Å². The number of methoxy groups -OCH3 is 1. The molecule has 28 heavy (non-hydrogen) atoms. The minimum atomic E-state index is -0.256. The van der Waals surface area contributed by atoms with Crippen LogP contribution < -0.4 is 15.7 Å². The van der Waals surface area contributed by atoms with Crippen molar-refractivity contribution in [2.45, 2.75) is 26.2 Å². The number of hydrogen-bond acceptors (Lipinski definition) is 5. The molecular formula is C22H24N4O2. The molecule has 2 aromatic carbocycles. The van der Waals surface area contributed by atoms with Crippen LogP contribution in [0.15, 0.2) is 64.5 Å². The van der Waals surface area contributed by atoms with E-state index in [9.17, 15) is 4.79 Å². The van der Waals surface area contributed by atoms with Crippen molar-refractivity contribution in [3.63, 3.8) is 0 Å². The maximum Gasteiger partial charge on any atom is 0.252 e. The molecule has 6 heteroatoms. The minimum absolute atomic E-state index is 0.110. The number of nitrogens with zero attached hydrogens (tertiary/aromatic N) is 2. The summed E-state index contributed by atoms with van der Waals surface area (Å²) in [5.41, 5.74) is 6.23. The van der Waals surface area contributed by atoms with Crippen molar-refractivity contribution >= 4 is 12.2 Å². The minimum Gasteiger partial charge on any atom is -0.497 e. The number of hydrogen-bond donors (Lipinski definition) is 2. The molecule has 2 N–H and O–H groups in total. The lowest BCUT2D eigenvalue weighted by atomic mass is 9.87. The predicted molar refractivity (Wildman–Crippen MR) is 113 cm³/mol. The molecule has 144 valence electrons. The lowest BCUT2D eigenvalue weighted by Crippen LogP contribution is -2.11. The summed E-state index contributed by atoms with van der Waals surface area (Å²) in [4.78, 5) is 19.0. The third-order valence-electron chi connectivity index (χ3n) is 4.29. The van der Waals surface area contributed by atoms with Gasteiger partial charge in [0.15, 0.2) is 0 Å². The summed E-state index contributed by atoms with van der Waals surface area (Å²) in [6.45, 7) is 6.53. The average molecular weight is 376 g/mol. The molecule has 6 nitrogen and oxygen atoms in total. The van der Waals surface area contributed by atoms with Crippen molar-refractivity contribution in [3.8, 4) is 17.0 Å². The van der Waals surface area contributed by atoms with Gasteiger partial charge in [0.25, 0.3) is 5.56 Å². The van der Waals surface area contributed by atoms with Crippen LogP contribution in [0.25, 0.3) is 11.3 Å². The standard InChI is InChI=1S/C22H24N4O2/c1-22(2,3)17-9-5-15(6-10-17)14-23-26-21-24-19(13-20(27)25-21)16-7-11-18(28-4)12-8-16/h5-14H,1-4H3,(H2,24,25,26,27)/b23-14-. The molecule has 0 spiro atoms. The fraction of sp³-hybridized carbons (Fsp3) is 0.227. The Morgan fingerprint density at radius 3 is 2.36 bits per heavy atom. The van der Waals surface area contributed by atoms with Gasteiger partial charge in [-0.1, -0.05) is 45.0 Å². The van der Waals surface area contributed by atoms with Crippen LogP contribution in [0.3, 0.4) is 0 Å². The van der Waals surface area contributed by atoms with E-state index in [1.165, 1.54) is 11.6 Å². The van der Waals surface area contributed by atoms with Crippen molar-refractivity contribution in [1.82, 2.24) is 9.97 Å². The Morgan fingerprint density at radius 2 is 1.75 bits per heavy atom. The van der Waals surface area contributed by atoms with E-state index in [-0.39, 0.29) is 16.9 Å². The largest absolute Gasteiger partial charge is 0.497 e. The SMILES string of the molecule is COc1ccc(-c2cc(=O)[nH]c(N/N=C\c3ccc(C(C)(C)C)cc3)n2)cc1. The zero-order valence-corrected chi connectivity index (χ0v) is 16.5. The Bertz CT molecular complexity index is 1010. The average Bonchev–Trinajstić information content (AvgIpc) is 2.67. The highest BCUT2D eigenvalue weighted by Crippen LogP contribution is 2.22. The summed E-state index contributed by atoms with van der Waals surface area (Å²) in [6.07, 6.45) is 1.69. The Balaban J connectivity index is 1.74. The second-order valence-corrected chi connectivity index (χ2v) is 7.45. The summed E-state index contributed by atoms with van der Waals surface area (Å²) < 4.78 is 5.15. The highest BCUT2D eigenvalue weighted by Gasteiger charge is 2.12. The number of benzene rings is 2. The first kappa shape index (κ1) is 19.4. The lowest BCUT2D eigenvalue weighted by Gasteiger charge is -2.18. The number of rotatable bonds is 5. The third-order valence-corrected chi connectivity index (χ3v) is 4.29. The van der Waals surface area contributed by atoms with Gasteiger partial charge in [-0.25, -0.2) is 10.4 Å². The molecule has 0 aliphatic carbocycles. The van der Waals surface area contributed by atoms with E-state index >= 15 is 0 Å². The fourth-order valence-corrected chi connectivity index (χ4v) is 2.66. The Labute approximate surface area is 164 Å². The van der Waals surface area contributed by atoms with Crippen LogP contribution >= 0.6 is 0 Å². The molecular weight excluding hydrogens is 352 g/mol. The van der Waals surface area contributed by atoms with E-state index in [0.717, 1.165) is 16.9 Å². The number of aromatic amines is 1. The van der Waals surface area contributed by atoms with Gasteiger partial charge < -0.3 is 4.74 Å². The summed E-state index contributed by atoms with van der Waals surface area (Å²) in [5, 5.41) is 4.18. The molecule has 0 saturated heterocycles. The number of nitrogens with one attached hydrogen (secondary N) is 2. The Hall–Kier alpha value is -3.41. The second kappa shape index (κ2) is 8.08. The zero-order chi connectivity index (χ0) is 20.1. The molecule has 3 rings (SSSR count). The van der Waals surface area contributed by atoms with Gasteiger partial charge in [-0.15, -0.1) is 0 Å². The molecule has 0 aliphatic heterocycles. The van der Waals surface area contributed by atoms with Crippen LogP contribution in [0.1, 0.15) is 31.9 Å². The highest BCUT2D eigenvalue weighted by atomic mass is 16.5. The van der Waals surface area contributed by atoms with Crippen LogP contribution in [-0.4, -0.2) is 23.3 Å². The maximum atomic E-state index is 12.0. The molecule has 0 bridgehead atoms. The van der Waals surface area contributed by atoms with Gasteiger partial charge >= 0.3 is 0 Å².